The lowest BCUT2D eigenvalue weighted by Crippen LogP contribution is -1.92. The van der Waals surface area contributed by atoms with E-state index in [1.165, 1.54) is 0 Å². The SMILES string of the molecule is N#CCC1CCC(C#N)C1. The van der Waals surface area contributed by atoms with E-state index in [4.69, 9.17) is 10.5 Å². The number of rotatable bonds is 1. The molecule has 1 fully saturated rings. The summed E-state index contributed by atoms with van der Waals surface area (Å²) >= 11 is 0. The molecule has 2 atom stereocenters. The summed E-state index contributed by atoms with van der Waals surface area (Å²) in [6.45, 7) is 0. The predicted octanol–water partition coefficient (Wildman–Crippen LogP) is 1.84. The van der Waals surface area contributed by atoms with Gasteiger partial charge in [-0.25, -0.2) is 0 Å². The number of hydrogen-bond donors (Lipinski definition) is 0. The Bertz CT molecular complexity index is 184. The molecule has 0 aromatic rings. The average molecular weight is 134 g/mol. The summed E-state index contributed by atoms with van der Waals surface area (Å²) in [6.07, 6.45) is 3.66. The highest BCUT2D eigenvalue weighted by Gasteiger charge is 2.23. The Morgan fingerprint density at radius 1 is 1.30 bits per heavy atom. The molecule has 0 saturated heterocycles. The molecule has 1 rings (SSSR count). The van der Waals surface area contributed by atoms with Crippen LogP contribution in [-0.4, -0.2) is 0 Å². The second-order valence-corrected chi connectivity index (χ2v) is 2.87. The van der Waals surface area contributed by atoms with E-state index < -0.39 is 0 Å². The van der Waals surface area contributed by atoms with E-state index in [0.717, 1.165) is 19.3 Å². The minimum absolute atomic E-state index is 0.235. The highest BCUT2D eigenvalue weighted by molar-refractivity contribution is 4.92. The third-order valence-corrected chi connectivity index (χ3v) is 2.10. The topological polar surface area (TPSA) is 47.6 Å². The smallest absolute Gasteiger partial charge is 0.0655 e. The number of nitriles is 2. The van der Waals surface area contributed by atoms with Gasteiger partial charge in [-0.3, -0.25) is 0 Å². The molecule has 2 heteroatoms. The fourth-order valence-electron chi connectivity index (χ4n) is 1.51. The minimum Gasteiger partial charge on any atom is -0.198 e. The van der Waals surface area contributed by atoms with Crippen molar-refractivity contribution in [1.82, 2.24) is 0 Å². The van der Waals surface area contributed by atoms with Crippen molar-refractivity contribution in [3.63, 3.8) is 0 Å². The molecule has 2 nitrogen and oxygen atoms in total. The summed E-state index contributed by atoms with van der Waals surface area (Å²) in [5.74, 6) is 0.744. The molecule has 0 bridgehead atoms. The van der Waals surface area contributed by atoms with Crippen LogP contribution in [0.4, 0.5) is 0 Å². The Morgan fingerprint density at radius 2 is 2.10 bits per heavy atom. The largest absolute Gasteiger partial charge is 0.198 e. The zero-order valence-corrected chi connectivity index (χ0v) is 5.88. The van der Waals surface area contributed by atoms with Gasteiger partial charge in [-0.05, 0) is 25.2 Å². The molecule has 1 aliphatic carbocycles. The van der Waals surface area contributed by atoms with E-state index in [2.05, 4.69) is 12.1 Å². The molecular weight excluding hydrogens is 124 g/mol. The van der Waals surface area contributed by atoms with Crippen molar-refractivity contribution in [3.05, 3.63) is 0 Å². The van der Waals surface area contributed by atoms with Gasteiger partial charge in [-0.15, -0.1) is 0 Å². The molecule has 0 amide bonds. The third-order valence-electron chi connectivity index (χ3n) is 2.10. The van der Waals surface area contributed by atoms with Gasteiger partial charge >= 0.3 is 0 Å². The summed E-state index contributed by atoms with van der Waals surface area (Å²) in [5, 5.41) is 16.9. The number of nitrogens with zero attached hydrogens (tertiary/aromatic N) is 2. The molecule has 0 heterocycles. The normalized spacial score (nSPS) is 31.0. The average Bonchev–Trinajstić information content (AvgIpc) is 2.37. The van der Waals surface area contributed by atoms with Gasteiger partial charge < -0.3 is 0 Å². The standard InChI is InChI=1S/C8H10N2/c9-4-3-7-1-2-8(5-7)6-10/h7-8H,1-3,5H2. The molecule has 0 aromatic heterocycles. The first kappa shape index (κ1) is 7.09. The first-order valence-electron chi connectivity index (χ1n) is 3.63. The van der Waals surface area contributed by atoms with Crippen LogP contribution in [0.3, 0.4) is 0 Å². The van der Waals surface area contributed by atoms with Crippen LogP contribution in [-0.2, 0) is 0 Å². The summed E-state index contributed by atoms with van der Waals surface area (Å²) in [4.78, 5) is 0. The molecule has 0 radical (unpaired) electrons. The van der Waals surface area contributed by atoms with E-state index in [-0.39, 0.29) is 5.92 Å². The van der Waals surface area contributed by atoms with E-state index in [0.29, 0.717) is 12.3 Å². The Balaban J connectivity index is 2.32. The maximum absolute atomic E-state index is 8.52. The highest BCUT2D eigenvalue weighted by Crippen LogP contribution is 2.31. The molecular formula is C8H10N2. The molecule has 0 aromatic carbocycles. The third kappa shape index (κ3) is 1.48. The summed E-state index contributed by atoms with van der Waals surface area (Å²) in [5.41, 5.74) is 0. The van der Waals surface area contributed by atoms with Crippen LogP contribution >= 0.6 is 0 Å². The van der Waals surface area contributed by atoms with E-state index in [9.17, 15) is 0 Å². The van der Waals surface area contributed by atoms with Crippen molar-refractivity contribution in [2.75, 3.05) is 0 Å². The van der Waals surface area contributed by atoms with Gasteiger partial charge in [0.25, 0.3) is 0 Å². The van der Waals surface area contributed by atoms with Crippen molar-refractivity contribution in [2.45, 2.75) is 25.7 Å². The zero-order valence-electron chi connectivity index (χ0n) is 5.88. The molecule has 0 N–H and O–H groups in total. The first-order valence-corrected chi connectivity index (χ1v) is 3.63. The lowest BCUT2D eigenvalue weighted by Gasteiger charge is -1.99. The molecule has 52 valence electrons. The number of hydrogen-bond acceptors (Lipinski definition) is 2. The molecule has 0 spiro atoms. The highest BCUT2D eigenvalue weighted by atomic mass is 14.3. The van der Waals surface area contributed by atoms with Crippen molar-refractivity contribution in [1.29, 1.82) is 10.5 Å². The van der Waals surface area contributed by atoms with Gasteiger partial charge in [0.15, 0.2) is 0 Å². The fourth-order valence-corrected chi connectivity index (χ4v) is 1.51. The van der Waals surface area contributed by atoms with E-state index in [1.807, 2.05) is 0 Å². The van der Waals surface area contributed by atoms with Gasteiger partial charge in [0, 0.05) is 12.3 Å². The zero-order chi connectivity index (χ0) is 7.40. The van der Waals surface area contributed by atoms with Crippen LogP contribution in [0.25, 0.3) is 0 Å². The molecule has 10 heavy (non-hydrogen) atoms. The van der Waals surface area contributed by atoms with Crippen molar-refractivity contribution < 1.29 is 0 Å². The van der Waals surface area contributed by atoms with Crippen LogP contribution in [0.2, 0.25) is 0 Å². The Kier molecular flexibility index (Phi) is 2.29. The van der Waals surface area contributed by atoms with Gasteiger partial charge in [0.05, 0.1) is 12.1 Å². The van der Waals surface area contributed by atoms with Crippen LogP contribution in [0.1, 0.15) is 25.7 Å². The summed E-state index contributed by atoms with van der Waals surface area (Å²) < 4.78 is 0. The van der Waals surface area contributed by atoms with Crippen LogP contribution in [0.5, 0.6) is 0 Å². The Morgan fingerprint density at radius 3 is 2.60 bits per heavy atom. The van der Waals surface area contributed by atoms with Gasteiger partial charge in [0.2, 0.25) is 0 Å². The first-order chi connectivity index (χ1) is 4.86. The second kappa shape index (κ2) is 3.22. The van der Waals surface area contributed by atoms with Crippen LogP contribution in [0, 0.1) is 34.5 Å². The van der Waals surface area contributed by atoms with Gasteiger partial charge in [-0.1, -0.05) is 0 Å². The summed E-state index contributed by atoms with van der Waals surface area (Å²) in [6, 6.07) is 4.39. The van der Waals surface area contributed by atoms with Crippen molar-refractivity contribution in [2.24, 2.45) is 11.8 Å². The molecule has 0 aliphatic heterocycles. The molecule has 2 unspecified atom stereocenters. The Labute approximate surface area is 61.1 Å². The van der Waals surface area contributed by atoms with Crippen LogP contribution < -0.4 is 0 Å². The summed E-state index contributed by atoms with van der Waals surface area (Å²) in [7, 11) is 0. The maximum atomic E-state index is 8.52. The fraction of sp³-hybridized carbons (Fsp3) is 0.750. The van der Waals surface area contributed by atoms with Gasteiger partial charge in [-0.2, -0.15) is 10.5 Å². The monoisotopic (exact) mass is 134 g/mol. The van der Waals surface area contributed by atoms with Crippen molar-refractivity contribution >= 4 is 0 Å². The van der Waals surface area contributed by atoms with Crippen molar-refractivity contribution in [3.8, 4) is 12.1 Å². The molecule has 1 aliphatic rings. The van der Waals surface area contributed by atoms with E-state index >= 15 is 0 Å². The molecule has 1 saturated carbocycles. The quantitative estimate of drug-likeness (QED) is 0.549. The van der Waals surface area contributed by atoms with Gasteiger partial charge in [0.1, 0.15) is 0 Å². The van der Waals surface area contributed by atoms with E-state index in [1.54, 1.807) is 0 Å². The van der Waals surface area contributed by atoms with Crippen LogP contribution in [0.15, 0.2) is 0 Å². The minimum atomic E-state index is 0.235. The maximum Gasteiger partial charge on any atom is 0.0655 e. The predicted molar refractivity (Wildman–Crippen MR) is 36.7 cm³/mol. The second-order valence-electron chi connectivity index (χ2n) is 2.87. The lowest BCUT2D eigenvalue weighted by molar-refractivity contribution is 0.548. The lowest BCUT2D eigenvalue weighted by atomic mass is 10.0. The Hall–Kier alpha value is -1.02.